The summed E-state index contributed by atoms with van der Waals surface area (Å²) in [4.78, 5) is 18.6. The lowest BCUT2D eigenvalue weighted by Crippen LogP contribution is -2.43. The number of hydrogen-bond acceptors (Lipinski definition) is 3. The number of carbonyl (C=O) groups excluding carboxylic acids is 1. The molecule has 5 heteroatoms. The quantitative estimate of drug-likeness (QED) is 0.878. The average Bonchev–Trinajstić information content (AvgIpc) is 2.69. The topological polar surface area (TPSA) is 54.5 Å². The molecule has 1 N–H and O–H groups in total. The Bertz CT molecular complexity index is 725. The van der Waals surface area contributed by atoms with Crippen molar-refractivity contribution in [3.63, 3.8) is 0 Å². The SMILES string of the molecule is CCc1cccc(C)c1NC(=O)N1CCC(OCc2cccnc2)CC1. The maximum Gasteiger partial charge on any atom is 0.321 e. The maximum absolute atomic E-state index is 12.6. The van der Waals surface area contributed by atoms with Crippen molar-refractivity contribution in [1.29, 1.82) is 0 Å². The number of piperidine rings is 1. The van der Waals surface area contributed by atoms with E-state index in [4.69, 9.17) is 4.74 Å². The second-order valence-electron chi connectivity index (χ2n) is 6.75. The number of para-hydroxylation sites is 1. The first-order valence-electron chi connectivity index (χ1n) is 9.32. The lowest BCUT2D eigenvalue weighted by molar-refractivity contribution is 0.00529. The molecule has 1 aromatic heterocycles. The predicted octanol–water partition coefficient (Wildman–Crippen LogP) is 4.17. The van der Waals surface area contributed by atoms with E-state index in [9.17, 15) is 4.79 Å². The van der Waals surface area contributed by atoms with Crippen LogP contribution in [-0.2, 0) is 17.8 Å². The number of nitrogens with zero attached hydrogens (tertiary/aromatic N) is 2. The van der Waals surface area contributed by atoms with Crippen LogP contribution in [0.25, 0.3) is 0 Å². The van der Waals surface area contributed by atoms with Gasteiger partial charge in [0.1, 0.15) is 0 Å². The molecule has 5 nitrogen and oxygen atoms in total. The van der Waals surface area contributed by atoms with E-state index in [2.05, 4.69) is 23.3 Å². The first-order chi connectivity index (χ1) is 12.7. The first kappa shape index (κ1) is 18.4. The molecule has 26 heavy (non-hydrogen) atoms. The van der Waals surface area contributed by atoms with Crippen LogP contribution in [0.5, 0.6) is 0 Å². The second kappa shape index (κ2) is 8.81. The third-order valence-electron chi connectivity index (χ3n) is 4.91. The van der Waals surface area contributed by atoms with Crippen LogP contribution >= 0.6 is 0 Å². The van der Waals surface area contributed by atoms with Gasteiger partial charge in [-0.05, 0) is 48.9 Å². The number of benzene rings is 1. The van der Waals surface area contributed by atoms with Crippen LogP contribution in [-0.4, -0.2) is 35.1 Å². The summed E-state index contributed by atoms with van der Waals surface area (Å²) < 4.78 is 5.97. The Balaban J connectivity index is 1.49. The number of likely N-dealkylation sites (tertiary alicyclic amines) is 1. The minimum absolute atomic E-state index is 0.0142. The van der Waals surface area contributed by atoms with Crippen LogP contribution in [0.2, 0.25) is 0 Å². The van der Waals surface area contributed by atoms with E-state index in [1.54, 1.807) is 6.20 Å². The number of rotatable bonds is 5. The molecule has 1 aliphatic heterocycles. The Hall–Kier alpha value is -2.40. The largest absolute Gasteiger partial charge is 0.373 e. The molecule has 0 spiro atoms. The van der Waals surface area contributed by atoms with Gasteiger partial charge in [-0.2, -0.15) is 0 Å². The van der Waals surface area contributed by atoms with Crippen molar-refractivity contribution in [2.45, 2.75) is 45.8 Å². The van der Waals surface area contributed by atoms with Crippen LogP contribution in [0, 0.1) is 6.92 Å². The average molecular weight is 353 g/mol. The van der Waals surface area contributed by atoms with Crippen molar-refractivity contribution in [2.24, 2.45) is 0 Å². The third kappa shape index (κ3) is 4.61. The number of amides is 2. The summed E-state index contributed by atoms with van der Waals surface area (Å²) in [5.74, 6) is 0. The Kier molecular flexibility index (Phi) is 6.23. The minimum atomic E-state index is -0.0142. The normalized spacial score (nSPS) is 15.1. The lowest BCUT2D eigenvalue weighted by atomic mass is 10.1. The fourth-order valence-electron chi connectivity index (χ4n) is 3.31. The zero-order chi connectivity index (χ0) is 18.4. The molecule has 0 saturated carbocycles. The number of carbonyl (C=O) groups is 1. The highest BCUT2D eigenvalue weighted by molar-refractivity contribution is 5.91. The third-order valence-corrected chi connectivity index (χ3v) is 4.91. The maximum atomic E-state index is 12.6. The smallest absolute Gasteiger partial charge is 0.321 e. The van der Waals surface area contributed by atoms with Gasteiger partial charge in [-0.25, -0.2) is 4.79 Å². The molecule has 1 saturated heterocycles. The van der Waals surface area contributed by atoms with Gasteiger partial charge in [0.15, 0.2) is 0 Å². The number of aryl methyl sites for hydroxylation is 2. The summed E-state index contributed by atoms with van der Waals surface area (Å²) in [5, 5.41) is 3.11. The highest BCUT2D eigenvalue weighted by atomic mass is 16.5. The first-order valence-corrected chi connectivity index (χ1v) is 9.32. The van der Waals surface area contributed by atoms with Gasteiger partial charge in [-0.3, -0.25) is 4.98 Å². The molecule has 2 amide bonds. The zero-order valence-electron chi connectivity index (χ0n) is 15.6. The number of aromatic nitrogens is 1. The van der Waals surface area contributed by atoms with Gasteiger partial charge < -0.3 is 15.0 Å². The summed E-state index contributed by atoms with van der Waals surface area (Å²) in [5.41, 5.74) is 4.31. The molecule has 138 valence electrons. The molecule has 3 rings (SSSR count). The molecule has 0 aliphatic carbocycles. The molecule has 0 bridgehead atoms. The van der Waals surface area contributed by atoms with Crippen LogP contribution in [0.4, 0.5) is 10.5 Å². The molecule has 0 atom stereocenters. The van der Waals surface area contributed by atoms with Crippen molar-refractivity contribution in [3.05, 3.63) is 59.4 Å². The molecule has 1 aliphatic rings. The van der Waals surface area contributed by atoms with Gasteiger partial charge in [0.25, 0.3) is 0 Å². The van der Waals surface area contributed by atoms with E-state index in [0.717, 1.165) is 49.2 Å². The van der Waals surface area contributed by atoms with Crippen molar-refractivity contribution >= 4 is 11.7 Å². The van der Waals surface area contributed by atoms with E-state index in [1.807, 2.05) is 42.3 Å². The highest BCUT2D eigenvalue weighted by Gasteiger charge is 2.24. The predicted molar refractivity (Wildman–Crippen MR) is 103 cm³/mol. The number of pyridine rings is 1. The second-order valence-corrected chi connectivity index (χ2v) is 6.75. The van der Waals surface area contributed by atoms with E-state index < -0.39 is 0 Å². The van der Waals surface area contributed by atoms with Gasteiger partial charge in [-0.1, -0.05) is 31.2 Å². The summed E-state index contributed by atoms with van der Waals surface area (Å²) in [6.45, 7) is 6.16. The highest BCUT2D eigenvalue weighted by Crippen LogP contribution is 2.23. The fraction of sp³-hybridized carbons (Fsp3) is 0.429. The number of anilines is 1. The number of hydrogen-bond donors (Lipinski definition) is 1. The van der Waals surface area contributed by atoms with E-state index in [0.29, 0.717) is 6.61 Å². The molecular weight excluding hydrogens is 326 g/mol. The Morgan fingerprint density at radius 3 is 2.77 bits per heavy atom. The number of ether oxygens (including phenoxy) is 1. The molecule has 2 heterocycles. The summed E-state index contributed by atoms with van der Waals surface area (Å²) in [7, 11) is 0. The van der Waals surface area contributed by atoms with Crippen molar-refractivity contribution < 1.29 is 9.53 Å². The van der Waals surface area contributed by atoms with E-state index in [-0.39, 0.29) is 12.1 Å². The van der Waals surface area contributed by atoms with Crippen molar-refractivity contribution in [3.8, 4) is 0 Å². The number of urea groups is 1. The lowest BCUT2D eigenvalue weighted by Gasteiger charge is -2.32. The Labute approximate surface area is 155 Å². The molecule has 0 radical (unpaired) electrons. The van der Waals surface area contributed by atoms with Gasteiger partial charge in [0.2, 0.25) is 0 Å². The molecular formula is C21H27N3O2. The van der Waals surface area contributed by atoms with Crippen molar-refractivity contribution in [2.75, 3.05) is 18.4 Å². The van der Waals surface area contributed by atoms with E-state index in [1.165, 1.54) is 5.56 Å². The summed E-state index contributed by atoms with van der Waals surface area (Å²) in [6.07, 6.45) is 6.42. The van der Waals surface area contributed by atoms with Crippen LogP contribution in [0.1, 0.15) is 36.5 Å². The van der Waals surface area contributed by atoms with Crippen LogP contribution < -0.4 is 5.32 Å². The molecule has 0 unspecified atom stereocenters. The van der Waals surface area contributed by atoms with Gasteiger partial charge in [0.05, 0.1) is 12.7 Å². The molecule has 1 fully saturated rings. The van der Waals surface area contributed by atoms with Gasteiger partial charge >= 0.3 is 6.03 Å². The standard InChI is InChI=1S/C21H27N3O2/c1-3-18-8-4-6-16(2)20(18)23-21(25)24-12-9-19(10-13-24)26-15-17-7-5-11-22-14-17/h4-8,11,14,19H,3,9-10,12-13,15H2,1-2H3,(H,23,25). The minimum Gasteiger partial charge on any atom is -0.373 e. The van der Waals surface area contributed by atoms with E-state index >= 15 is 0 Å². The monoisotopic (exact) mass is 353 g/mol. The fourth-order valence-corrected chi connectivity index (χ4v) is 3.31. The zero-order valence-corrected chi connectivity index (χ0v) is 15.6. The molecule has 1 aromatic carbocycles. The van der Waals surface area contributed by atoms with Crippen LogP contribution in [0.15, 0.2) is 42.7 Å². The van der Waals surface area contributed by atoms with Crippen molar-refractivity contribution in [1.82, 2.24) is 9.88 Å². The Morgan fingerprint density at radius 2 is 2.08 bits per heavy atom. The van der Waals surface area contributed by atoms with Gasteiger partial charge in [0, 0.05) is 31.2 Å². The summed E-state index contributed by atoms with van der Waals surface area (Å²) in [6, 6.07) is 10.1. The number of nitrogens with one attached hydrogen (secondary N) is 1. The van der Waals surface area contributed by atoms with Crippen LogP contribution in [0.3, 0.4) is 0 Å². The Morgan fingerprint density at radius 1 is 1.27 bits per heavy atom. The molecule has 2 aromatic rings. The summed E-state index contributed by atoms with van der Waals surface area (Å²) >= 11 is 0. The van der Waals surface area contributed by atoms with Gasteiger partial charge in [-0.15, -0.1) is 0 Å².